The highest BCUT2D eigenvalue weighted by atomic mass is 16.1. The molecule has 2 aromatic rings. The zero-order chi connectivity index (χ0) is 13.2. The summed E-state index contributed by atoms with van der Waals surface area (Å²) in [6.07, 6.45) is 1.55. The van der Waals surface area contributed by atoms with Crippen LogP contribution in [0.1, 0.15) is 17.4 Å². The summed E-state index contributed by atoms with van der Waals surface area (Å²) < 4.78 is 1.62. The van der Waals surface area contributed by atoms with Crippen molar-refractivity contribution < 1.29 is 4.79 Å². The monoisotopic (exact) mass is 256 g/mol. The topological polar surface area (TPSA) is 59.8 Å². The van der Waals surface area contributed by atoms with Gasteiger partial charge in [0.1, 0.15) is 5.69 Å². The first kappa shape index (κ1) is 12.0. The highest BCUT2D eigenvalue weighted by molar-refractivity contribution is 5.96. The zero-order valence-corrected chi connectivity index (χ0v) is 10.8. The molecule has 98 valence electrons. The van der Waals surface area contributed by atoms with Crippen LogP contribution in [0.4, 0.5) is 0 Å². The van der Waals surface area contributed by atoms with E-state index in [1.54, 1.807) is 10.9 Å². The van der Waals surface area contributed by atoms with E-state index in [9.17, 15) is 4.79 Å². The molecule has 0 aliphatic carbocycles. The SMILES string of the molecule is CC(C(=O)c1cnnn1-c1ccccc1)C1CNC1. The van der Waals surface area contributed by atoms with Crippen molar-refractivity contribution in [2.24, 2.45) is 11.8 Å². The molecular weight excluding hydrogens is 240 g/mol. The molecule has 0 saturated carbocycles. The molecule has 2 heterocycles. The van der Waals surface area contributed by atoms with Crippen molar-refractivity contribution >= 4 is 5.78 Å². The minimum absolute atomic E-state index is 0.00205. The van der Waals surface area contributed by atoms with Gasteiger partial charge in [0.2, 0.25) is 0 Å². The predicted molar refractivity (Wildman–Crippen MR) is 71.2 cm³/mol. The average molecular weight is 256 g/mol. The summed E-state index contributed by atoms with van der Waals surface area (Å²) in [5.74, 6) is 0.536. The fraction of sp³-hybridized carbons (Fsp3) is 0.357. The normalized spacial score (nSPS) is 16.9. The second-order valence-corrected chi connectivity index (χ2v) is 4.94. The maximum Gasteiger partial charge on any atom is 0.186 e. The van der Waals surface area contributed by atoms with Crippen molar-refractivity contribution in [1.82, 2.24) is 20.3 Å². The van der Waals surface area contributed by atoms with Gasteiger partial charge >= 0.3 is 0 Å². The minimum atomic E-state index is 0.00205. The molecule has 1 saturated heterocycles. The molecule has 3 rings (SSSR count). The van der Waals surface area contributed by atoms with Crippen LogP contribution in [0, 0.1) is 11.8 Å². The van der Waals surface area contributed by atoms with Crippen LogP contribution >= 0.6 is 0 Å². The Morgan fingerprint density at radius 3 is 2.74 bits per heavy atom. The summed E-state index contributed by atoms with van der Waals surface area (Å²) in [5.41, 5.74) is 1.42. The number of aromatic nitrogens is 3. The highest BCUT2D eigenvalue weighted by Gasteiger charge is 2.31. The highest BCUT2D eigenvalue weighted by Crippen LogP contribution is 2.21. The van der Waals surface area contributed by atoms with Gasteiger partial charge in [-0.25, -0.2) is 4.68 Å². The van der Waals surface area contributed by atoms with E-state index in [1.165, 1.54) is 0 Å². The quantitative estimate of drug-likeness (QED) is 0.838. The lowest BCUT2D eigenvalue weighted by Gasteiger charge is -2.31. The summed E-state index contributed by atoms with van der Waals surface area (Å²) in [4.78, 5) is 12.5. The summed E-state index contributed by atoms with van der Waals surface area (Å²) in [7, 11) is 0. The molecule has 0 radical (unpaired) electrons. The van der Waals surface area contributed by atoms with Crippen molar-refractivity contribution in [3.8, 4) is 5.69 Å². The maximum absolute atomic E-state index is 12.5. The molecule has 19 heavy (non-hydrogen) atoms. The third-order valence-corrected chi connectivity index (χ3v) is 3.74. The van der Waals surface area contributed by atoms with Crippen LogP contribution in [0.2, 0.25) is 0 Å². The van der Waals surface area contributed by atoms with E-state index in [0.29, 0.717) is 11.6 Å². The van der Waals surface area contributed by atoms with E-state index < -0.39 is 0 Å². The molecule has 0 amide bonds. The average Bonchev–Trinajstić information content (AvgIpc) is 2.86. The molecule has 1 aromatic heterocycles. The van der Waals surface area contributed by atoms with E-state index in [1.807, 2.05) is 37.3 Å². The first-order valence-corrected chi connectivity index (χ1v) is 6.48. The van der Waals surface area contributed by atoms with Crippen molar-refractivity contribution in [2.75, 3.05) is 13.1 Å². The number of rotatable bonds is 4. The molecule has 1 aliphatic rings. The van der Waals surface area contributed by atoms with Crippen molar-refractivity contribution in [3.05, 3.63) is 42.2 Å². The molecule has 1 N–H and O–H groups in total. The number of ketones is 1. The van der Waals surface area contributed by atoms with Gasteiger partial charge in [0, 0.05) is 5.92 Å². The van der Waals surface area contributed by atoms with Gasteiger partial charge in [-0.2, -0.15) is 0 Å². The van der Waals surface area contributed by atoms with Crippen LogP contribution in [0.5, 0.6) is 0 Å². The van der Waals surface area contributed by atoms with Crippen LogP contribution in [0.15, 0.2) is 36.5 Å². The third kappa shape index (κ3) is 2.17. The molecule has 1 atom stereocenters. The number of Topliss-reactive ketones (excluding diaryl/α,β-unsaturated/α-hetero) is 1. The van der Waals surface area contributed by atoms with Crippen LogP contribution in [-0.4, -0.2) is 33.9 Å². The van der Waals surface area contributed by atoms with Gasteiger partial charge in [0.05, 0.1) is 11.9 Å². The second kappa shape index (κ2) is 4.93. The van der Waals surface area contributed by atoms with Gasteiger partial charge < -0.3 is 5.32 Å². The molecule has 0 spiro atoms. The van der Waals surface area contributed by atoms with Crippen molar-refractivity contribution in [1.29, 1.82) is 0 Å². The number of carbonyl (C=O) groups is 1. The number of hydrogen-bond acceptors (Lipinski definition) is 4. The summed E-state index contributed by atoms with van der Waals surface area (Å²) >= 11 is 0. The molecule has 1 fully saturated rings. The number of nitrogens with one attached hydrogen (secondary N) is 1. The number of benzene rings is 1. The van der Waals surface area contributed by atoms with Crippen LogP contribution in [-0.2, 0) is 0 Å². The van der Waals surface area contributed by atoms with Crippen LogP contribution in [0.3, 0.4) is 0 Å². The summed E-state index contributed by atoms with van der Waals surface area (Å²) in [6.45, 7) is 3.82. The first-order valence-electron chi connectivity index (χ1n) is 6.48. The number of hydrogen-bond donors (Lipinski definition) is 1. The van der Waals surface area contributed by atoms with E-state index in [-0.39, 0.29) is 11.7 Å². The molecule has 5 nitrogen and oxygen atoms in total. The van der Waals surface area contributed by atoms with E-state index in [0.717, 1.165) is 18.8 Å². The van der Waals surface area contributed by atoms with Gasteiger partial charge in [0.25, 0.3) is 0 Å². The Labute approximate surface area is 111 Å². The van der Waals surface area contributed by atoms with Crippen LogP contribution < -0.4 is 5.32 Å². The third-order valence-electron chi connectivity index (χ3n) is 3.74. The smallest absolute Gasteiger partial charge is 0.186 e. The second-order valence-electron chi connectivity index (χ2n) is 4.94. The van der Waals surface area contributed by atoms with Gasteiger partial charge in [-0.15, -0.1) is 5.10 Å². The Hall–Kier alpha value is -2.01. The van der Waals surface area contributed by atoms with Crippen molar-refractivity contribution in [3.63, 3.8) is 0 Å². The Kier molecular flexibility index (Phi) is 3.13. The van der Waals surface area contributed by atoms with Crippen molar-refractivity contribution in [2.45, 2.75) is 6.92 Å². The van der Waals surface area contributed by atoms with E-state index in [4.69, 9.17) is 0 Å². The molecule has 5 heteroatoms. The fourth-order valence-electron chi connectivity index (χ4n) is 2.27. The molecule has 1 unspecified atom stereocenters. The lowest BCUT2D eigenvalue weighted by molar-refractivity contribution is 0.0845. The summed E-state index contributed by atoms with van der Waals surface area (Å²) in [6, 6.07) is 9.61. The standard InChI is InChI=1S/C14H16N4O/c1-10(11-7-15-8-11)14(19)13-9-16-17-18(13)12-5-3-2-4-6-12/h2-6,9-11,15H,7-8H2,1H3. The lowest BCUT2D eigenvalue weighted by Crippen LogP contribution is -2.47. The predicted octanol–water partition coefficient (Wildman–Crippen LogP) is 1.31. The van der Waals surface area contributed by atoms with Gasteiger partial charge in [-0.05, 0) is 31.1 Å². The number of nitrogens with zero attached hydrogens (tertiary/aromatic N) is 3. The van der Waals surface area contributed by atoms with Crippen LogP contribution in [0.25, 0.3) is 5.69 Å². The number of carbonyl (C=O) groups excluding carboxylic acids is 1. The first-order chi connectivity index (χ1) is 9.27. The maximum atomic E-state index is 12.5. The molecule has 1 aliphatic heterocycles. The van der Waals surface area contributed by atoms with E-state index >= 15 is 0 Å². The zero-order valence-electron chi connectivity index (χ0n) is 10.8. The Balaban J connectivity index is 1.89. The lowest BCUT2D eigenvalue weighted by atomic mass is 9.85. The summed E-state index contributed by atoms with van der Waals surface area (Å²) in [5, 5.41) is 11.1. The van der Waals surface area contributed by atoms with E-state index in [2.05, 4.69) is 15.6 Å². The fourth-order valence-corrected chi connectivity index (χ4v) is 2.27. The molecule has 0 bridgehead atoms. The van der Waals surface area contributed by atoms with Gasteiger partial charge in [-0.3, -0.25) is 4.79 Å². The van der Waals surface area contributed by atoms with Gasteiger partial charge in [0.15, 0.2) is 5.78 Å². The minimum Gasteiger partial charge on any atom is -0.316 e. The Morgan fingerprint density at radius 2 is 2.11 bits per heavy atom. The Bertz CT molecular complexity index is 574. The number of para-hydroxylation sites is 1. The molecule has 1 aromatic carbocycles. The molecular formula is C14H16N4O. The largest absolute Gasteiger partial charge is 0.316 e. The Morgan fingerprint density at radius 1 is 1.37 bits per heavy atom. The van der Waals surface area contributed by atoms with Gasteiger partial charge in [-0.1, -0.05) is 30.3 Å².